The molecule has 0 atom stereocenters. The van der Waals surface area contributed by atoms with E-state index in [9.17, 15) is 9.59 Å². The Bertz CT molecular complexity index is 688. The highest BCUT2D eigenvalue weighted by molar-refractivity contribution is 5.86. The minimum absolute atomic E-state index is 0. The quantitative estimate of drug-likeness (QED) is 0.754. The van der Waals surface area contributed by atoms with Gasteiger partial charge in [-0.15, -0.1) is 12.4 Å². The van der Waals surface area contributed by atoms with Crippen molar-refractivity contribution < 1.29 is 9.90 Å². The van der Waals surface area contributed by atoms with Crippen molar-refractivity contribution in [2.75, 3.05) is 13.1 Å². The number of carboxylic acid groups (broad SMARTS) is 1. The number of rotatable bonds is 2. The van der Waals surface area contributed by atoms with E-state index in [0.29, 0.717) is 5.65 Å². The van der Waals surface area contributed by atoms with Crippen LogP contribution in [0.15, 0.2) is 16.9 Å². The molecule has 3 heterocycles. The summed E-state index contributed by atoms with van der Waals surface area (Å²) in [6, 6.07) is 2.90. The Morgan fingerprint density at radius 2 is 2.05 bits per heavy atom. The van der Waals surface area contributed by atoms with Crippen molar-refractivity contribution in [1.29, 1.82) is 0 Å². The van der Waals surface area contributed by atoms with Crippen molar-refractivity contribution in [3.05, 3.63) is 33.9 Å². The van der Waals surface area contributed by atoms with Crippen LogP contribution in [0.5, 0.6) is 0 Å². The average molecular weight is 299 g/mol. The molecule has 0 unspecified atom stereocenters. The second-order valence-electron chi connectivity index (χ2n) is 4.71. The predicted octanol–water partition coefficient (Wildman–Crippen LogP) is 0.610. The molecule has 108 valence electrons. The molecule has 1 aliphatic heterocycles. The molecule has 1 fully saturated rings. The molecule has 0 radical (unpaired) electrons. The third-order valence-electron chi connectivity index (χ3n) is 3.46. The Labute approximate surface area is 120 Å². The summed E-state index contributed by atoms with van der Waals surface area (Å²) in [6.07, 6.45) is 1.83. The number of aromatic carboxylic acids is 1. The van der Waals surface area contributed by atoms with Gasteiger partial charge in [0.1, 0.15) is 5.65 Å². The fraction of sp³-hybridized carbons (Fsp3) is 0.417. The van der Waals surface area contributed by atoms with Crippen LogP contribution in [0.3, 0.4) is 0 Å². The third-order valence-corrected chi connectivity index (χ3v) is 3.46. The van der Waals surface area contributed by atoms with E-state index in [1.165, 1.54) is 12.1 Å². The van der Waals surface area contributed by atoms with E-state index in [2.05, 4.69) is 15.4 Å². The lowest BCUT2D eigenvalue weighted by atomic mass is 9.94. The number of piperidine rings is 1. The first-order valence-corrected chi connectivity index (χ1v) is 6.22. The molecule has 8 heteroatoms. The molecule has 0 aliphatic carbocycles. The maximum absolute atomic E-state index is 11.7. The highest BCUT2D eigenvalue weighted by atomic mass is 35.5. The van der Waals surface area contributed by atoms with Crippen LogP contribution in [0.2, 0.25) is 0 Å². The fourth-order valence-corrected chi connectivity index (χ4v) is 2.54. The molecule has 3 rings (SSSR count). The van der Waals surface area contributed by atoms with Crippen LogP contribution in [0.1, 0.15) is 34.9 Å². The van der Waals surface area contributed by atoms with E-state index in [4.69, 9.17) is 5.11 Å². The maximum Gasteiger partial charge on any atom is 0.356 e. The van der Waals surface area contributed by atoms with Gasteiger partial charge >= 0.3 is 5.97 Å². The lowest BCUT2D eigenvalue weighted by Crippen LogP contribution is -2.28. The van der Waals surface area contributed by atoms with E-state index in [-0.39, 0.29) is 29.6 Å². The second-order valence-corrected chi connectivity index (χ2v) is 4.71. The molecule has 20 heavy (non-hydrogen) atoms. The summed E-state index contributed by atoms with van der Waals surface area (Å²) < 4.78 is 1.54. The Morgan fingerprint density at radius 1 is 1.35 bits per heavy atom. The van der Waals surface area contributed by atoms with Crippen molar-refractivity contribution in [1.82, 2.24) is 19.9 Å². The Hall–Kier alpha value is -1.86. The maximum atomic E-state index is 11.7. The minimum Gasteiger partial charge on any atom is -0.476 e. The largest absolute Gasteiger partial charge is 0.476 e. The van der Waals surface area contributed by atoms with Gasteiger partial charge in [0.25, 0.3) is 5.56 Å². The second kappa shape index (κ2) is 5.64. The van der Waals surface area contributed by atoms with Crippen molar-refractivity contribution in [2.24, 2.45) is 0 Å². The van der Waals surface area contributed by atoms with Crippen LogP contribution < -0.4 is 10.9 Å². The molecular weight excluding hydrogens is 284 g/mol. The third kappa shape index (κ3) is 2.54. The zero-order valence-electron chi connectivity index (χ0n) is 10.6. The van der Waals surface area contributed by atoms with E-state index in [0.717, 1.165) is 31.6 Å². The van der Waals surface area contributed by atoms with Crippen LogP contribution in [-0.2, 0) is 0 Å². The van der Waals surface area contributed by atoms with Crippen LogP contribution in [0.25, 0.3) is 5.65 Å². The number of H-pyrrole nitrogens is 1. The molecule has 0 aromatic carbocycles. The summed E-state index contributed by atoms with van der Waals surface area (Å²) in [7, 11) is 0. The number of halogens is 1. The average Bonchev–Trinajstić information content (AvgIpc) is 2.82. The van der Waals surface area contributed by atoms with Crippen molar-refractivity contribution in [3.63, 3.8) is 0 Å². The Kier molecular flexibility index (Phi) is 4.10. The van der Waals surface area contributed by atoms with Gasteiger partial charge in [-0.25, -0.2) is 9.31 Å². The Balaban J connectivity index is 0.00000147. The minimum atomic E-state index is -1.10. The van der Waals surface area contributed by atoms with Crippen molar-refractivity contribution >= 4 is 24.0 Å². The van der Waals surface area contributed by atoms with Gasteiger partial charge in [-0.1, -0.05) is 0 Å². The molecule has 7 nitrogen and oxygen atoms in total. The normalized spacial score (nSPS) is 16.0. The smallest absolute Gasteiger partial charge is 0.356 e. The number of carboxylic acids is 1. The number of carbonyl (C=O) groups is 1. The van der Waals surface area contributed by atoms with Crippen molar-refractivity contribution in [3.8, 4) is 0 Å². The molecule has 0 amide bonds. The summed E-state index contributed by atoms with van der Waals surface area (Å²) in [5, 5.41) is 16.3. The van der Waals surface area contributed by atoms with Crippen LogP contribution in [-0.4, -0.2) is 38.8 Å². The van der Waals surface area contributed by atoms with Crippen molar-refractivity contribution in [2.45, 2.75) is 18.8 Å². The van der Waals surface area contributed by atoms with E-state index in [1.807, 2.05) is 0 Å². The lowest BCUT2D eigenvalue weighted by molar-refractivity contribution is 0.0690. The highest BCUT2D eigenvalue weighted by Crippen LogP contribution is 2.24. The first-order chi connectivity index (χ1) is 9.15. The highest BCUT2D eigenvalue weighted by Gasteiger charge is 2.20. The molecule has 0 spiro atoms. The SMILES string of the molecule is Cl.O=C(O)c1cc2[nH]c(=O)cc(C3CCNCC3)n2n1. The Morgan fingerprint density at radius 3 is 2.70 bits per heavy atom. The van der Waals surface area contributed by atoms with Gasteiger partial charge in [-0.2, -0.15) is 5.10 Å². The van der Waals surface area contributed by atoms with Gasteiger partial charge in [-0.3, -0.25) is 4.79 Å². The predicted molar refractivity (Wildman–Crippen MR) is 74.9 cm³/mol. The molecule has 0 saturated carbocycles. The standard InChI is InChI=1S/C12H14N4O3.ClH/c17-11-6-9(7-1-3-13-4-2-7)16-10(14-11)5-8(15-16)12(18)19;/h5-7,13H,1-4H2,(H,14,17)(H,18,19);1H. The molecule has 3 N–H and O–H groups in total. The van der Waals surface area contributed by atoms with Gasteiger partial charge in [0, 0.05) is 18.1 Å². The van der Waals surface area contributed by atoms with E-state index in [1.54, 1.807) is 4.52 Å². The fourth-order valence-electron chi connectivity index (χ4n) is 2.54. The number of hydrogen-bond donors (Lipinski definition) is 3. The summed E-state index contributed by atoms with van der Waals surface area (Å²) in [5.74, 6) is -0.867. The van der Waals surface area contributed by atoms with Crippen LogP contribution >= 0.6 is 12.4 Å². The van der Waals surface area contributed by atoms with Gasteiger partial charge in [0.2, 0.25) is 0 Å². The first-order valence-electron chi connectivity index (χ1n) is 6.22. The van der Waals surface area contributed by atoms with Gasteiger partial charge in [0.15, 0.2) is 5.69 Å². The first kappa shape index (κ1) is 14.5. The summed E-state index contributed by atoms with van der Waals surface area (Å²) in [5.41, 5.74) is 0.932. The topological polar surface area (TPSA) is 99.5 Å². The zero-order chi connectivity index (χ0) is 13.4. The lowest BCUT2D eigenvalue weighted by Gasteiger charge is -2.22. The number of fused-ring (bicyclic) bond motifs is 1. The van der Waals surface area contributed by atoms with Gasteiger partial charge < -0.3 is 15.4 Å². The number of nitrogens with zero attached hydrogens (tertiary/aromatic N) is 2. The van der Waals surface area contributed by atoms with Crippen LogP contribution in [0.4, 0.5) is 0 Å². The number of hydrogen-bond acceptors (Lipinski definition) is 4. The molecule has 1 saturated heterocycles. The number of aromatic amines is 1. The monoisotopic (exact) mass is 298 g/mol. The van der Waals surface area contributed by atoms with E-state index >= 15 is 0 Å². The van der Waals surface area contributed by atoms with Crippen LogP contribution in [0, 0.1) is 0 Å². The summed E-state index contributed by atoms with van der Waals surface area (Å²) in [4.78, 5) is 25.2. The summed E-state index contributed by atoms with van der Waals surface area (Å²) >= 11 is 0. The summed E-state index contributed by atoms with van der Waals surface area (Å²) in [6.45, 7) is 1.79. The zero-order valence-corrected chi connectivity index (χ0v) is 11.4. The van der Waals surface area contributed by atoms with Gasteiger partial charge in [-0.05, 0) is 25.9 Å². The molecule has 0 bridgehead atoms. The van der Waals surface area contributed by atoms with E-state index < -0.39 is 5.97 Å². The molecule has 1 aliphatic rings. The number of nitrogens with one attached hydrogen (secondary N) is 2. The van der Waals surface area contributed by atoms with Gasteiger partial charge in [0.05, 0.1) is 5.69 Å². The molecule has 2 aromatic rings. The molecular formula is C12H15ClN4O3. The molecule has 2 aromatic heterocycles. The number of aromatic nitrogens is 3.